The van der Waals surface area contributed by atoms with Gasteiger partial charge >= 0.3 is 6.36 Å². The maximum absolute atomic E-state index is 14.2. The highest BCUT2D eigenvalue weighted by Crippen LogP contribution is 2.47. The van der Waals surface area contributed by atoms with E-state index >= 15 is 0 Å². The Morgan fingerprint density at radius 1 is 1.41 bits per heavy atom. The van der Waals surface area contributed by atoms with Crippen LogP contribution in [0.15, 0.2) is 18.3 Å². The van der Waals surface area contributed by atoms with Crippen LogP contribution < -0.4 is 10.5 Å². The molecule has 1 aromatic rings. The van der Waals surface area contributed by atoms with Crippen LogP contribution in [0.5, 0.6) is 5.88 Å². The highest BCUT2D eigenvalue weighted by molar-refractivity contribution is 5.34. The van der Waals surface area contributed by atoms with Crippen molar-refractivity contribution in [2.24, 2.45) is 5.73 Å². The Morgan fingerprint density at radius 3 is 2.59 bits per heavy atom. The molecule has 2 N–H and O–H groups in total. The number of halogens is 4. The maximum atomic E-state index is 14.2. The van der Waals surface area contributed by atoms with Gasteiger partial charge in [-0.05, 0) is 12.1 Å². The molecule has 1 fully saturated rings. The summed E-state index contributed by atoms with van der Waals surface area (Å²) >= 11 is 0. The summed E-state index contributed by atoms with van der Waals surface area (Å²) in [6.07, 6.45) is -3.81. The molecule has 0 radical (unpaired) electrons. The number of hydrogen-bond donors (Lipinski definition) is 1. The molecule has 0 amide bonds. The molecule has 0 aromatic carbocycles. The summed E-state index contributed by atoms with van der Waals surface area (Å²) in [4.78, 5) is 3.41. The third-order valence-electron chi connectivity index (χ3n) is 2.64. The van der Waals surface area contributed by atoms with Gasteiger partial charge in [-0.15, -0.1) is 13.2 Å². The molecular weight excluding hydrogens is 240 g/mol. The fourth-order valence-corrected chi connectivity index (χ4v) is 1.91. The minimum absolute atomic E-state index is 0.0209. The van der Waals surface area contributed by atoms with Crippen molar-refractivity contribution in [3.8, 4) is 5.88 Å². The Labute approximate surface area is 94.6 Å². The van der Waals surface area contributed by atoms with Crippen molar-refractivity contribution >= 4 is 0 Å². The molecule has 1 saturated carbocycles. The van der Waals surface area contributed by atoms with Crippen LogP contribution in [-0.2, 0) is 5.67 Å². The molecule has 1 heterocycles. The normalized spacial score (nSPS) is 28.6. The monoisotopic (exact) mass is 250 g/mol. The lowest BCUT2D eigenvalue weighted by Gasteiger charge is -2.39. The molecular formula is C10H10F4N2O. The molecule has 0 atom stereocenters. The average molecular weight is 250 g/mol. The summed E-state index contributed by atoms with van der Waals surface area (Å²) in [5.74, 6) is -0.741. The van der Waals surface area contributed by atoms with Gasteiger partial charge in [0.25, 0.3) is 0 Å². The first kappa shape index (κ1) is 12.1. The van der Waals surface area contributed by atoms with E-state index in [1.165, 1.54) is 12.1 Å². The van der Waals surface area contributed by atoms with Crippen LogP contribution in [0.2, 0.25) is 0 Å². The molecule has 7 heteroatoms. The van der Waals surface area contributed by atoms with Crippen molar-refractivity contribution < 1.29 is 22.3 Å². The summed E-state index contributed by atoms with van der Waals surface area (Å²) in [5.41, 5.74) is 3.38. The minimum Gasteiger partial charge on any atom is -0.387 e. The van der Waals surface area contributed by atoms with Crippen molar-refractivity contribution in [3.05, 3.63) is 23.9 Å². The summed E-state index contributed by atoms with van der Waals surface area (Å²) < 4.78 is 54.2. The van der Waals surface area contributed by atoms with Gasteiger partial charge in [-0.3, -0.25) is 0 Å². The van der Waals surface area contributed by atoms with Gasteiger partial charge in [0.05, 0.1) is 5.56 Å². The quantitative estimate of drug-likeness (QED) is 0.819. The maximum Gasteiger partial charge on any atom is 0.574 e. The Bertz CT molecular complexity index is 415. The van der Waals surface area contributed by atoms with E-state index in [4.69, 9.17) is 5.73 Å². The van der Waals surface area contributed by atoms with Gasteiger partial charge < -0.3 is 10.5 Å². The predicted octanol–water partition coefficient (Wildman–Crippen LogP) is 2.27. The van der Waals surface area contributed by atoms with Gasteiger partial charge in [-0.25, -0.2) is 9.37 Å². The molecule has 0 aliphatic heterocycles. The van der Waals surface area contributed by atoms with Crippen molar-refractivity contribution in [2.45, 2.75) is 30.9 Å². The number of nitrogens with zero attached hydrogens (tertiary/aromatic N) is 1. The number of alkyl halides is 4. The van der Waals surface area contributed by atoms with Crippen LogP contribution in [0.25, 0.3) is 0 Å². The summed E-state index contributed by atoms with van der Waals surface area (Å²) in [6, 6.07) is 2.27. The third kappa shape index (κ3) is 2.49. The molecule has 17 heavy (non-hydrogen) atoms. The molecule has 3 nitrogen and oxygen atoms in total. The van der Waals surface area contributed by atoms with E-state index in [-0.39, 0.29) is 24.4 Å². The van der Waals surface area contributed by atoms with E-state index in [9.17, 15) is 17.6 Å². The molecule has 1 aliphatic carbocycles. The van der Waals surface area contributed by atoms with Gasteiger partial charge in [0.15, 0.2) is 0 Å². The first-order valence-electron chi connectivity index (χ1n) is 4.96. The highest BCUT2D eigenvalue weighted by atomic mass is 19.4. The fraction of sp³-hybridized carbons (Fsp3) is 0.500. The number of pyridine rings is 1. The topological polar surface area (TPSA) is 48.1 Å². The SMILES string of the molecule is NC1CC(F)(c2cccnc2OC(F)(F)F)C1. The standard InChI is InChI=1S/C10H10F4N2O/c11-9(4-6(15)5-9)7-2-1-3-16-8(7)17-10(12,13)14/h1-3,6H,4-5,15H2. The lowest BCUT2D eigenvalue weighted by atomic mass is 9.73. The largest absolute Gasteiger partial charge is 0.574 e. The molecule has 0 saturated heterocycles. The third-order valence-corrected chi connectivity index (χ3v) is 2.64. The van der Waals surface area contributed by atoms with Crippen LogP contribution in [0.1, 0.15) is 18.4 Å². The molecule has 0 unspecified atom stereocenters. The number of rotatable bonds is 2. The van der Waals surface area contributed by atoms with Gasteiger partial charge in [-0.2, -0.15) is 0 Å². The molecule has 2 rings (SSSR count). The van der Waals surface area contributed by atoms with Gasteiger partial charge in [0.1, 0.15) is 5.67 Å². The first-order valence-corrected chi connectivity index (χ1v) is 4.96. The number of hydrogen-bond acceptors (Lipinski definition) is 3. The second-order valence-electron chi connectivity index (χ2n) is 4.04. The van der Waals surface area contributed by atoms with Crippen LogP contribution in [-0.4, -0.2) is 17.4 Å². The van der Waals surface area contributed by atoms with E-state index in [0.717, 1.165) is 6.20 Å². The second-order valence-corrected chi connectivity index (χ2v) is 4.04. The highest BCUT2D eigenvalue weighted by Gasteiger charge is 2.48. The van der Waals surface area contributed by atoms with Crippen molar-refractivity contribution in [2.75, 3.05) is 0 Å². The van der Waals surface area contributed by atoms with E-state index in [1.807, 2.05) is 0 Å². The molecule has 0 spiro atoms. The van der Waals surface area contributed by atoms with Crippen LogP contribution in [0.4, 0.5) is 17.6 Å². The van der Waals surface area contributed by atoms with E-state index in [0.29, 0.717) is 0 Å². The smallest absolute Gasteiger partial charge is 0.387 e. The first-order chi connectivity index (χ1) is 7.80. The zero-order valence-corrected chi connectivity index (χ0v) is 8.67. The van der Waals surface area contributed by atoms with Crippen LogP contribution >= 0.6 is 0 Å². The average Bonchev–Trinajstić information content (AvgIpc) is 2.13. The lowest BCUT2D eigenvalue weighted by Crippen LogP contribution is -2.46. The lowest BCUT2D eigenvalue weighted by molar-refractivity contribution is -0.276. The fourth-order valence-electron chi connectivity index (χ4n) is 1.91. The zero-order valence-electron chi connectivity index (χ0n) is 8.67. The zero-order chi connectivity index (χ0) is 12.7. The van der Waals surface area contributed by atoms with Crippen LogP contribution in [0, 0.1) is 0 Å². The Kier molecular flexibility index (Phi) is 2.73. The van der Waals surface area contributed by atoms with Gasteiger partial charge in [0.2, 0.25) is 5.88 Å². The molecule has 1 aliphatic rings. The van der Waals surface area contributed by atoms with Crippen molar-refractivity contribution in [3.63, 3.8) is 0 Å². The van der Waals surface area contributed by atoms with Crippen molar-refractivity contribution in [1.82, 2.24) is 4.98 Å². The molecule has 0 bridgehead atoms. The van der Waals surface area contributed by atoms with E-state index in [2.05, 4.69) is 9.72 Å². The summed E-state index contributed by atoms with van der Waals surface area (Å²) in [5, 5.41) is 0. The van der Waals surface area contributed by atoms with Crippen LogP contribution in [0.3, 0.4) is 0 Å². The van der Waals surface area contributed by atoms with E-state index in [1.54, 1.807) is 0 Å². The predicted molar refractivity (Wildman–Crippen MR) is 50.9 cm³/mol. The Morgan fingerprint density at radius 2 is 2.06 bits per heavy atom. The summed E-state index contributed by atoms with van der Waals surface area (Å²) in [7, 11) is 0. The minimum atomic E-state index is -4.88. The number of aromatic nitrogens is 1. The van der Waals surface area contributed by atoms with E-state index < -0.39 is 17.9 Å². The Balaban J connectivity index is 2.28. The van der Waals surface area contributed by atoms with Gasteiger partial charge in [-0.1, -0.05) is 0 Å². The Hall–Kier alpha value is -1.37. The number of ether oxygens (including phenoxy) is 1. The summed E-state index contributed by atoms with van der Waals surface area (Å²) in [6.45, 7) is 0. The second kappa shape index (κ2) is 3.83. The number of nitrogens with two attached hydrogens (primary N) is 1. The molecule has 94 valence electrons. The molecule has 1 aromatic heterocycles. The van der Waals surface area contributed by atoms with Crippen molar-refractivity contribution in [1.29, 1.82) is 0 Å². The van der Waals surface area contributed by atoms with Gasteiger partial charge in [0, 0.05) is 25.1 Å².